The Bertz CT molecular complexity index is 1140. The number of sulfonamides is 1. The molecule has 1 fully saturated rings. The monoisotopic (exact) mass is 494 g/mol. The van der Waals surface area contributed by atoms with Crippen LogP contribution in [-0.4, -0.2) is 55.5 Å². The lowest BCUT2D eigenvalue weighted by molar-refractivity contribution is -0.132. The van der Waals surface area contributed by atoms with Crippen LogP contribution in [0, 0.1) is 0 Å². The van der Waals surface area contributed by atoms with Crippen molar-refractivity contribution in [3.63, 3.8) is 0 Å². The zero-order valence-corrected chi connectivity index (χ0v) is 19.8. The Labute approximate surface area is 198 Å². The van der Waals surface area contributed by atoms with E-state index in [1.165, 1.54) is 27.6 Å². The first-order chi connectivity index (χ1) is 15.3. The lowest BCUT2D eigenvalue weighted by atomic mass is 10.0. The van der Waals surface area contributed by atoms with Crippen LogP contribution in [0.2, 0.25) is 10.0 Å². The predicted molar refractivity (Wildman–Crippen MR) is 124 cm³/mol. The van der Waals surface area contributed by atoms with E-state index in [0.29, 0.717) is 5.56 Å². The summed E-state index contributed by atoms with van der Waals surface area (Å²) in [5.74, 6) is -0.185. The average molecular weight is 495 g/mol. The molecule has 2 aromatic rings. The minimum Gasteiger partial charge on any atom is -0.340 e. The summed E-state index contributed by atoms with van der Waals surface area (Å²) in [6.45, 7) is 0.809. The normalized spacial score (nSPS) is 16.8. The van der Waals surface area contributed by atoms with Crippen molar-refractivity contribution in [3.05, 3.63) is 63.1 Å². The number of nitrogens with zero attached hydrogens (tertiary/aromatic N) is 2. The number of Topliss-reactive ketones (excluding diaryl/α,β-unsaturated/α-hetero) is 1. The van der Waals surface area contributed by atoms with E-state index in [2.05, 4.69) is 0 Å². The predicted octanol–water partition coefficient (Wildman–Crippen LogP) is 3.98. The van der Waals surface area contributed by atoms with Crippen molar-refractivity contribution in [2.24, 2.45) is 0 Å². The number of hydrogen-bond acceptors (Lipinski definition) is 4. The highest BCUT2D eigenvalue weighted by Gasteiger charge is 2.33. The van der Waals surface area contributed by atoms with E-state index < -0.39 is 10.0 Å². The summed E-state index contributed by atoms with van der Waals surface area (Å²) in [7, 11) is -3.86. The maximum absolute atomic E-state index is 13.0. The molecule has 1 aliphatic heterocycles. The van der Waals surface area contributed by atoms with Gasteiger partial charge in [-0.3, -0.25) is 9.59 Å². The van der Waals surface area contributed by atoms with Gasteiger partial charge in [0.05, 0.1) is 10.0 Å². The van der Waals surface area contributed by atoms with Gasteiger partial charge in [0.25, 0.3) is 0 Å². The maximum atomic E-state index is 13.0. The third-order valence-corrected chi connectivity index (χ3v) is 8.95. The minimum absolute atomic E-state index is 0.0392. The van der Waals surface area contributed by atoms with Gasteiger partial charge >= 0.3 is 0 Å². The molecule has 0 saturated carbocycles. The number of amides is 1. The fourth-order valence-corrected chi connectivity index (χ4v) is 6.82. The summed E-state index contributed by atoms with van der Waals surface area (Å²) in [5.41, 5.74) is 3.20. The van der Waals surface area contributed by atoms with Crippen molar-refractivity contribution in [2.45, 2.75) is 37.0 Å². The summed E-state index contributed by atoms with van der Waals surface area (Å²) < 4.78 is 27.2. The van der Waals surface area contributed by atoms with Gasteiger partial charge in [0.1, 0.15) is 4.90 Å². The molecule has 2 aromatic carbocycles. The lowest BCUT2D eigenvalue weighted by Crippen LogP contribution is -2.50. The molecule has 0 unspecified atom stereocenters. The van der Waals surface area contributed by atoms with Gasteiger partial charge in [-0.15, -0.1) is 0 Å². The van der Waals surface area contributed by atoms with Gasteiger partial charge in [0, 0.05) is 44.6 Å². The van der Waals surface area contributed by atoms with E-state index in [9.17, 15) is 18.0 Å². The standard InChI is InChI=1S/C23H24Cl2N2O4S/c24-19-5-2-6-20(25)23(19)32(30,31)27-13-11-26(12-14-27)22(29)10-9-21(28)18-8-7-16-3-1-4-17(16)15-18/h2,5-8,15H,1,3-4,9-14H2. The summed E-state index contributed by atoms with van der Waals surface area (Å²) >= 11 is 12.2. The van der Waals surface area contributed by atoms with E-state index in [-0.39, 0.29) is 65.7 Å². The zero-order valence-electron chi connectivity index (χ0n) is 17.5. The molecule has 6 nitrogen and oxygen atoms in total. The Morgan fingerprint density at radius 1 is 0.875 bits per heavy atom. The van der Waals surface area contributed by atoms with Gasteiger partial charge in [-0.25, -0.2) is 8.42 Å². The Morgan fingerprint density at radius 2 is 1.53 bits per heavy atom. The van der Waals surface area contributed by atoms with Crippen molar-refractivity contribution >= 4 is 44.9 Å². The molecule has 1 saturated heterocycles. The largest absolute Gasteiger partial charge is 0.340 e. The highest BCUT2D eigenvalue weighted by atomic mass is 35.5. The lowest BCUT2D eigenvalue weighted by Gasteiger charge is -2.34. The molecule has 2 aliphatic rings. The minimum atomic E-state index is -3.86. The second kappa shape index (κ2) is 9.51. The van der Waals surface area contributed by atoms with Crippen LogP contribution in [0.25, 0.3) is 0 Å². The van der Waals surface area contributed by atoms with Crippen LogP contribution in [0.15, 0.2) is 41.3 Å². The quantitative estimate of drug-likeness (QED) is 0.569. The van der Waals surface area contributed by atoms with Crippen molar-refractivity contribution in [3.8, 4) is 0 Å². The number of halogens is 2. The Balaban J connectivity index is 1.32. The summed E-state index contributed by atoms with van der Waals surface area (Å²) in [5, 5.41) is 0.141. The molecule has 0 aromatic heterocycles. The summed E-state index contributed by atoms with van der Waals surface area (Å²) in [6, 6.07) is 10.4. The molecule has 4 rings (SSSR count). The third kappa shape index (κ3) is 4.71. The van der Waals surface area contributed by atoms with Gasteiger partial charge in [-0.1, -0.05) is 41.4 Å². The molecule has 0 spiro atoms. The number of ketones is 1. The van der Waals surface area contributed by atoms with Gasteiger partial charge in [-0.05, 0) is 48.6 Å². The second-order valence-corrected chi connectivity index (χ2v) is 10.8. The number of hydrogen-bond donors (Lipinski definition) is 0. The number of benzene rings is 2. The molecule has 9 heteroatoms. The van der Waals surface area contributed by atoms with Crippen LogP contribution < -0.4 is 0 Å². The molecule has 170 valence electrons. The SMILES string of the molecule is O=C(CCC(=O)N1CCN(S(=O)(=O)c2c(Cl)cccc2Cl)CC1)c1ccc2c(c1)CCC2. The molecule has 0 bridgehead atoms. The highest BCUT2D eigenvalue weighted by Crippen LogP contribution is 2.32. The van der Waals surface area contributed by atoms with Gasteiger partial charge in [0.15, 0.2) is 5.78 Å². The van der Waals surface area contributed by atoms with Crippen LogP contribution in [0.1, 0.15) is 40.7 Å². The van der Waals surface area contributed by atoms with E-state index in [1.54, 1.807) is 11.0 Å². The second-order valence-electron chi connectivity index (χ2n) is 8.10. The summed E-state index contributed by atoms with van der Waals surface area (Å²) in [4.78, 5) is 26.7. The molecular formula is C23H24Cl2N2O4S. The number of carbonyl (C=O) groups excluding carboxylic acids is 2. The van der Waals surface area contributed by atoms with E-state index in [1.807, 2.05) is 18.2 Å². The van der Waals surface area contributed by atoms with Gasteiger partial charge in [0.2, 0.25) is 15.9 Å². The molecule has 1 aliphatic carbocycles. The molecular weight excluding hydrogens is 471 g/mol. The number of aryl methyl sites for hydroxylation is 2. The first-order valence-electron chi connectivity index (χ1n) is 10.6. The van der Waals surface area contributed by atoms with Crippen LogP contribution in [0.3, 0.4) is 0 Å². The van der Waals surface area contributed by atoms with E-state index in [4.69, 9.17) is 23.2 Å². The highest BCUT2D eigenvalue weighted by molar-refractivity contribution is 7.89. The molecule has 0 radical (unpaired) electrons. The third-order valence-electron chi connectivity index (χ3n) is 6.09. The smallest absolute Gasteiger partial charge is 0.246 e. The van der Waals surface area contributed by atoms with Crippen LogP contribution in [0.4, 0.5) is 0 Å². The van der Waals surface area contributed by atoms with Gasteiger partial charge in [-0.2, -0.15) is 4.31 Å². The number of rotatable bonds is 6. The molecule has 0 atom stereocenters. The average Bonchev–Trinajstić information content (AvgIpc) is 3.25. The van der Waals surface area contributed by atoms with Crippen molar-refractivity contribution < 1.29 is 18.0 Å². The maximum Gasteiger partial charge on any atom is 0.246 e. The molecule has 1 heterocycles. The van der Waals surface area contributed by atoms with Crippen molar-refractivity contribution in [2.75, 3.05) is 26.2 Å². The fraction of sp³-hybridized carbons (Fsp3) is 0.391. The number of carbonyl (C=O) groups is 2. The van der Waals surface area contributed by atoms with E-state index >= 15 is 0 Å². The van der Waals surface area contributed by atoms with E-state index in [0.717, 1.165) is 19.3 Å². The molecule has 1 amide bonds. The van der Waals surface area contributed by atoms with Crippen LogP contribution >= 0.6 is 23.2 Å². The van der Waals surface area contributed by atoms with Crippen LogP contribution in [0.5, 0.6) is 0 Å². The topological polar surface area (TPSA) is 74.8 Å². The number of fused-ring (bicyclic) bond motifs is 1. The fourth-order valence-electron chi connectivity index (χ4n) is 4.30. The molecule has 0 N–H and O–H groups in total. The first-order valence-corrected chi connectivity index (χ1v) is 12.8. The summed E-state index contributed by atoms with van der Waals surface area (Å²) in [6.07, 6.45) is 3.44. The van der Waals surface area contributed by atoms with Crippen molar-refractivity contribution in [1.82, 2.24) is 9.21 Å². The van der Waals surface area contributed by atoms with Crippen molar-refractivity contribution in [1.29, 1.82) is 0 Å². The molecule has 32 heavy (non-hydrogen) atoms. The first kappa shape index (κ1) is 23.2. The van der Waals surface area contributed by atoms with Crippen LogP contribution in [-0.2, 0) is 27.7 Å². The Kier molecular flexibility index (Phi) is 6.91. The van der Waals surface area contributed by atoms with Gasteiger partial charge < -0.3 is 4.90 Å². The Hall–Kier alpha value is -1.93. The Morgan fingerprint density at radius 3 is 2.22 bits per heavy atom. The number of piperazine rings is 1. The zero-order chi connectivity index (χ0) is 22.9.